The number of rotatable bonds is 4. The van der Waals surface area contributed by atoms with E-state index in [0.29, 0.717) is 23.5 Å². The third-order valence-electron chi connectivity index (χ3n) is 7.19. The summed E-state index contributed by atoms with van der Waals surface area (Å²) in [6.45, 7) is 9.38. The molecule has 3 aliphatic rings. The van der Waals surface area contributed by atoms with Gasteiger partial charge in [0.25, 0.3) is 0 Å². The molecule has 0 aromatic rings. The van der Waals surface area contributed by atoms with E-state index in [2.05, 4.69) is 27.7 Å². The molecule has 1 nitrogen and oxygen atoms in total. The van der Waals surface area contributed by atoms with Crippen LogP contribution in [0.5, 0.6) is 0 Å². The molecule has 0 amide bonds. The van der Waals surface area contributed by atoms with Gasteiger partial charge in [0.2, 0.25) is 0 Å². The normalized spacial score (nSPS) is 52.2. The van der Waals surface area contributed by atoms with Crippen LogP contribution in [-0.4, -0.2) is 5.78 Å². The van der Waals surface area contributed by atoms with Gasteiger partial charge in [-0.25, -0.2) is 0 Å². The van der Waals surface area contributed by atoms with Crippen LogP contribution in [0.25, 0.3) is 0 Å². The van der Waals surface area contributed by atoms with Gasteiger partial charge in [-0.05, 0) is 67.1 Å². The van der Waals surface area contributed by atoms with Crippen molar-refractivity contribution in [1.29, 1.82) is 0 Å². The standard InChI is InChI=1S/C18H30O/c1-10-11(2)16-8-14(7-15(10)9-16)5-6-17(19)18-12(3)13(18)4/h10-16,18H,5-9H2,1-4H3. The van der Waals surface area contributed by atoms with E-state index in [9.17, 15) is 4.79 Å². The van der Waals surface area contributed by atoms with Crippen LogP contribution in [0.1, 0.15) is 59.8 Å². The Morgan fingerprint density at radius 2 is 1.37 bits per heavy atom. The Labute approximate surface area is 118 Å². The molecule has 108 valence electrons. The number of hydrogen-bond acceptors (Lipinski definition) is 1. The molecule has 0 N–H and O–H groups in total. The van der Waals surface area contributed by atoms with Crippen molar-refractivity contribution in [3.05, 3.63) is 0 Å². The van der Waals surface area contributed by atoms with E-state index < -0.39 is 0 Å². The maximum atomic E-state index is 12.2. The molecular formula is C18H30O. The fourth-order valence-corrected chi connectivity index (χ4v) is 5.25. The topological polar surface area (TPSA) is 17.1 Å². The summed E-state index contributed by atoms with van der Waals surface area (Å²) in [7, 11) is 0. The van der Waals surface area contributed by atoms with E-state index in [1.807, 2.05) is 0 Å². The summed E-state index contributed by atoms with van der Waals surface area (Å²) in [6.07, 6.45) is 6.34. The highest BCUT2D eigenvalue weighted by Gasteiger charge is 2.48. The van der Waals surface area contributed by atoms with Gasteiger partial charge in [0.05, 0.1) is 0 Å². The third kappa shape index (κ3) is 2.38. The van der Waals surface area contributed by atoms with Gasteiger partial charge < -0.3 is 0 Å². The van der Waals surface area contributed by atoms with Gasteiger partial charge >= 0.3 is 0 Å². The molecule has 0 spiro atoms. The molecule has 2 bridgehead atoms. The highest BCUT2D eigenvalue weighted by atomic mass is 16.1. The van der Waals surface area contributed by atoms with E-state index in [-0.39, 0.29) is 0 Å². The van der Waals surface area contributed by atoms with Crippen LogP contribution in [0.2, 0.25) is 0 Å². The first-order valence-corrected chi connectivity index (χ1v) is 8.51. The molecule has 3 aliphatic carbocycles. The van der Waals surface area contributed by atoms with Gasteiger partial charge in [0.1, 0.15) is 5.78 Å². The Morgan fingerprint density at radius 1 is 0.842 bits per heavy atom. The fraction of sp³-hybridized carbons (Fsp3) is 0.944. The summed E-state index contributed by atoms with van der Waals surface area (Å²) in [5.41, 5.74) is 0. The monoisotopic (exact) mass is 262 g/mol. The molecule has 6 atom stereocenters. The van der Waals surface area contributed by atoms with Crippen molar-refractivity contribution in [2.45, 2.75) is 59.8 Å². The number of carbonyl (C=O) groups excluding carboxylic acids is 1. The van der Waals surface area contributed by atoms with E-state index >= 15 is 0 Å². The second-order valence-corrected chi connectivity index (χ2v) is 8.06. The molecule has 3 rings (SSSR count). The molecule has 0 aromatic carbocycles. The van der Waals surface area contributed by atoms with E-state index in [0.717, 1.165) is 36.0 Å². The lowest BCUT2D eigenvalue weighted by Crippen LogP contribution is -2.18. The van der Waals surface area contributed by atoms with Gasteiger partial charge in [-0.3, -0.25) is 4.79 Å². The van der Waals surface area contributed by atoms with Crippen LogP contribution < -0.4 is 0 Å². The molecule has 0 heterocycles. The average Bonchev–Trinajstić information content (AvgIpc) is 2.95. The van der Waals surface area contributed by atoms with Gasteiger partial charge in [-0.15, -0.1) is 0 Å². The largest absolute Gasteiger partial charge is 0.299 e. The van der Waals surface area contributed by atoms with Gasteiger partial charge in [-0.2, -0.15) is 0 Å². The van der Waals surface area contributed by atoms with Crippen LogP contribution in [0.15, 0.2) is 0 Å². The molecule has 6 unspecified atom stereocenters. The van der Waals surface area contributed by atoms with Crippen molar-refractivity contribution < 1.29 is 4.79 Å². The predicted octanol–water partition coefficient (Wildman–Crippen LogP) is 4.56. The maximum absolute atomic E-state index is 12.2. The molecule has 3 fully saturated rings. The summed E-state index contributed by atoms with van der Waals surface area (Å²) >= 11 is 0. The smallest absolute Gasteiger partial charge is 0.136 e. The Hall–Kier alpha value is -0.330. The zero-order valence-electron chi connectivity index (χ0n) is 13.1. The lowest BCUT2D eigenvalue weighted by Gasteiger charge is -2.28. The lowest BCUT2D eigenvalue weighted by atomic mass is 9.77. The Balaban J connectivity index is 1.48. The van der Waals surface area contributed by atoms with E-state index in [1.54, 1.807) is 0 Å². The minimum Gasteiger partial charge on any atom is -0.299 e. The van der Waals surface area contributed by atoms with Crippen LogP contribution in [0.4, 0.5) is 0 Å². The van der Waals surface area contributed by atoms with Crippen molar-refractivity contribution in [3.8, 4) is 0 Å². The molecular weight excluding hydrogens is 232 g/mol. The second-order valence-electron chi connectivity index (χ2n) is 8.06. The van der Waals surface area contributed by atoms with Crippen LogP contribution >= 0.6 is 0 Å². The first kappa shape index (κ1) is 13.6. The highest BCUT2D eigenvalue weighted by molar-refractivity contribution is 5.84. The van der Waals surface area contributed by atoms with Crippen molar-refractivity contribution in [1.82, 2.24) is 0 Å². The minimum absolute atomic E-state index is 0.415. The molecule has 3 saturated carbocycles. The Bertz CT molecular complexity index is 337. The average molecular weight is 262 g/mol. The number of fused-ring (bicyclic) bond motifs is 2. The minimum atomic E-state index is 0.415. The Morgan fingerprint density at radius 3 is 1.84 bits per heavy atom. The van der Waals surface area contributed by atoms with Crippen LogP contribution in [0, 0.1) is 47.3 Å². The molecule has 0 saturated heterocycles. The summed E-state index contributed by atoms with van der Waals surface area (Å²) in [6, 6.07) is 0. The quantitative estimate of drug-likeness (QED) is 0.726. The molecule has 1 heteroatoms. The highest BCUT2D eigenvalue weighted by Crippen LogP contribution is 2.52. The molecule has 0 radical (unpaired) electrons. The Kier molecular flexibility index (Phi) is 3.52. The van der Waals surface area contributed by atoms with Crippen molar-refractivity contribution in [2.75, 3.05) is 0 Å². The van der Waals surface area contributed by atoms with E-state index in [1.165, 1.54) is 25.7 Å². The summed E-state index contributed by atoms with van der Waals surface area (Å²) in [5, 5.41) is 0. The second kappa shape index (κ2) is 4.90. The summed E-state index contributed by atoms with van der Waals surface area (Å²) in [4.78, 5) is 12.2. The summed E-state index contributed by atoms with van der Waals surface area (Å²) < 4.78 is 0. The third-order valence-corrected chi connectivity index (χ3v) is 7.19. The zero-order valence-corrected chi connectivity index (χ0v) is 13.1. The van der Waals surface area contributed by atoms with Crippen molar-refractivity contribution >= 4 is 5.78 Å². The SMILES string of the molecule is CC1C2CC(CCC(=O)C3C(C)C3C)CC(C2)C1C. The van der Waals surface area contributed by atoms with Crippen LogP contribution in [-0.2, 0) is 4.79 Å². The first-order chi connectivity index (χ1) is 8.99. The van der Waals surface area contributed by atoms with Gasteiger partial charge in [0.15, 0.2) is 0 Å². The maximum Gasteiger partial charge on any atom is 0.136 e. The molecule has 0 aromatic heterocycles. The lowest BCUT2D eigenvalue weighted by molar-refractivity contribution is -0.121. The fourth-order valence-electron chi connectivity index (χ4n) is 5.25. The molecule has 19 heavy (non-hydrogen) atoms. The zero-order chi connectivity index (χ0) is 13.7. The number of Topliss-reactive ketones (excluding diaryl/α,β-unsaturated/α-hetero) is 1. The van der Waals surface area contributed by atoms with Crippen molar-refractivity contribution in [3.63, 3.8) is 0 Å². The first-order valence-electron chi connectivity index (χ1n) is 8.51. The van der Waals surface area contributed by atoms with Crippen molar-refractivity contribution in [2.24, 2.45) is 47.3 Å². The van der Waals surface area contributed by atoms with Gasteiger partial charge in [-0.1, -0.05) is 27.7 Å². The van der Waals surface area contributed by atoms with Crippen LogP contribution in [0.3, 0.4) is 0 Å². The number of ketones is 1. The predicted molar refractivity (Wildman–Crippen MR) is 78.7 cm³/mol. The summed E-state index contributed by atoms with van der Waals surface area (Å²) in [5.74, 6) is 6.94. The number of hydrogen-bond donors (Lipinski definition) is 0. The van der Waals surface area contributed by atoms with E-state index in [4.69, 9.17) is 0 Å². The number of carbonyl (C=O) groups is 1. The van der Waals surface area contributed by atoms with Gasteiger partial charge in [0, 0.05) is 12.3 Å². The molecule has 0 aliphatic heterocycles.